The lowest BCUT2D eigenvalue weighted by atomic mass is 10.2. The fourth-order valence-corrected chi connectivity index (χ4v) is 3.05. The molecule has 0 spiro atoms. The Hall–Kier alpha value is -3.75. The fourth-order valence-electron chi connectivity index (χ4n) is 3.05. The third-order valence-corrected chi connectivity index (χ3v) is 4.66. The largest absolute Gasteiger partial charge is 0.459 e. The van der Waals surface area contributed by atoms with Crippen molar-refractivity contribution in [3.63, 3.8) is 0 Å². The van der Waals surface area contributed by atoms with Crippen molar-refractivity contribution in [2.24, 2.45) is 0 Å². The summed E-state index contributed by atoms with van der Waals surface area (Å²) in [7, 11) is 0. The summed E-state index contributed by atoms with van der Waals surface area (Å²) in [6.07, 6.45) is 7.91. The minimum Gasteiger partial charge on any atom is -0.459 e. The molecule has 1 fully saturated rings. The Morgan fingerprint density at radius 2 is 1.83 bits per heavy atom. The summed E-state index contributed by atoms with van der Waals surface area (Å²) in [5.41, 5.74) is 1.31. The maximum atomic E-state index is 12.3. The van der Waals surface area contributed by atoms with Crippen LogP contribution in [0.3, 0.4) is 0 Å². The molecule has 0 bridgehead atoms. The van der Waals surface area contributed by atoms with Crippen LogP contribution < -0.4 is 10.2 Å². The lowest BCUT2D eigenvalue weighted by Gasteiger charge is -2.34. The standard InChI is InChI=1S/C20H20N6O3/c27-18(22-12-15-3-1-5-21-11-15)16-13-23-20(24-14-16)26-8-6-25(7-9-26)19(28)17-4-2-10-29-17/h1-5,10-11,13-14H,6-9,12H2,(H,22,27). The van der Waals surface area contributed by atoms with Crippen LogP contribution in [-0.4, -0.2) is 57.8 Å². The lowest BCUT2D eigenvalue weighted by molar-refractivity contribution is 0.0714. The van der Waals surface area contributed by atoms with E-state index in [1.807, 2.05) is 17.0 Å². The smallest absolute Gasteiger partial charge is 0.289 e. The van der Waals surface area contributed by atoms with Crippen LogP contribution in [0.5, 0.6) is 0 Å². The molecule has 3 aromatic heterocycles. The van der Waals surface area contributed by atoms with Gasteiger partial charge >= 0.3 is 0 Å². The number of hydrogen-bond donors (Lipinski definition) is 1. The Kier molecular flexibility index (Phi) is 5.46. The van der Waals surface area contributed by atoms with Crippen LogP contribution in [-0.2, 0) is 6.54 Å². The van der Waals surface area contributed by atoms with Gasteiger partial charge in [-0.3, -0.25) is 14.6 Å². The Balaban J connectivity index is 1.30. The second-order valence-electron chi connectivity index (χ2n) is 6.57. The van der Waals surface area contributed by atoms with Gasteiger partial charge in [-0.1, -0.05) is 6.07 Å². The highest BCUT2D eigenvalue weighted by Crippen LogP contribution is 2.13. The molecule has 1 saturated heterocycles. The summed E-state index contributed by atoms with van der Waals surface area (Å²) in [6.45, 7) is 2.71. The van der Waals surface area contributed by atoms with Crippen LogP contribution in [0, 0.1) is 0 Å². The molecule has 3 aromatic rings. The van der Waals surface area contributed by atoms with E-state index in [-0.39, 0.29) is 11.8 Å². The highest BCUT2D eigenvalue weighted by atomic mass is 16.3. The number of furan rings is 1. The van der Waals surface area contributed by atoms with Crippen LogP contribution in [0.25, 0.3) is 0 Å². The van der Waals surface area contributed by atoms with Gasteiger partial charge in [0.2, 0.25) is 5.95 Å². The Labute approximate surface area is 167 Å². The molecule has 1 aliphatic rings. The van der Waals surface area contributed by atoms with Crippen molar-refractivity contribution in [1.29, 1.82) is 0 Å². The van der Waals surface area contributed by atoms with Gasteiger partial charge in [0.25, 0.3) is 11.8 Å². The maximum absolute atomic E-state index is 12.3. The first kappa shape index (κ1) is 18.6. The van der Waals surface area contributed by atoms with Gasteiger partial charge < -0.3 is 19.5 Å². The van der Waals surface area contributed by atoms with E-state index in [1.54, 1.807) is 29.4 Å². The van der Waals surface area contributed by atoms with Crippen molar-refractivity contribution >= 4 is 17.8 Å². The molecule has 1 aliphatic heterocycles. The molecule has 0 unspecified atom stereocenters. The van der Waals surface area contributed by atoms with Crippen LogP contribution in [0.15, 0.2) is 59.7 Å². The molecule has 0 saturated carbocycles. The zero-order chi connectivity index (χ0) is 20.1. The molecule has 4 heterocycles. The average Bonchev–Trinajstić information content (AvgIpc) is 3.33. The van der Waals surface area contributed by atoms with Gasteiger partial charge in [-0.15, -0.1) is 0 Å². The molecule has 0 aliphatic carbocycles. The number of piperazine rings is 1. The topological polar surface area (TPSA) is 104 Å². The van der Waals surface area contributed by atoms with Crippen molar-refractivity contribution < 1.29 is 14.0 Å². The number of carbonyl (C=O) groups is 2. The number of nitrogens with one attached hydrogen (secondary N) is 1. The minimum atomic E-state index is -0.241. The Morgan fingerprint density at radius 1 is 1.03 bits per heavy atom. The van der Waals surface area contributed by atoms with Gasteiger partial charge in [-0.25, -0.2) is 9.97 Å². The second kappa shape index (κ2) is 8.51. The van der Waals surface area contributed by atoms with Gasteiger partial charge in [-0.2, -0.15) is 0 Å². The van der Waals surface area contributed by atoms with E-state index in [4.69, 9.17) is 4.42 Å². The van der Waals surface area contributed by atoms with Gasteiger partial charge in [-0.05, 0) is 23.8 Å². The van der Waals surface area contributed by atoms with E-state index < -0.39 is 0 Å². The number of amides is 2. The molecular weight excluding hydrogens is 372 g/mol. The van der Waals surface area contributed by atoms with Crippen LogP contribution >= 0.6 is 0 Å². The normalized spacial score (nSPS) is 13.9. The van der Waals surface area contributed by atoms with Crippen molar-refractivity contribution in [2.75, 3.05) is 31.1 Å². The highest BCUT2D eigenvalue weighted by molar-refractivity contribution is 5.93. The molecule has 9 nitrogen and oxygen atoms in total. The summed E-state index contributed by atoms with van der Waals surface area (Å²) in [4.78, 5) is 41.0. The first-order valence-corrected chi connectivity index (χ1v) is 9.27. The monoisotopic (exact) mass is 392 g/mol. The first-order valence-electron chi connectivity index (χ1n) is 9.27. The number of pyridine rings is 1. The van der Waals surface area contributed by atoms with Crippen molar-refractivity contribution in [1.82, 2.24) is 25.2 Å². The number of anilines is 1. The van der Waals surface area contributed by atoms with E-state index in [9.17, 15) is 9.59 Å². The number of nitrogens with zero attached hydrogens (tertiary/aromatic N) is 5. The van der Waals surface area contributed by atoms with Gasteiger partial charge in [0.1, 0.15) is 0 Å². The average molecular weight is 392 g/mol. The number of aromatic nitrogens is 3. The van der Waals surface area contributed by atoms with E-state index in [0.29, 0.717) is 50.0 Å². The van der Waals surface area contributed by atoms with Gasteiger partial charge in [0.05, 0.1) is 11.8 Å². The van der Waals surface area contributed by atoms with Crippen molar-refractivity contribution in [3.05, 3.63) is 72.2 Å². The summed E-state index contributed by atoms with van der Waals surface area (Å²) < 4.78 is 5.17. The van der Waals surface area contributed by atoms with Crippen LogP contribution in [0.4, 0.5) is 5.95 Å². The molecule has 2 amide bonds. The molecule has 9 heteroatoms. The number of carbonyl (C=O) groups excluding carboxylic acids is 2. The van der Waals surface area contributed by atoms with Gasteiger partial charge in [0, 0.05) is 57.5 Å². The van der Waals surface area contributed by atoms with Gasteiger partial charge in [0.15, 0.2) is 5.76 Å². The van der Waals surface area contributed by atoms with E-state index >= 15 is 0 Å². The predicted octanol–water partition coefficient (Wildman–Crippen LogP) is 1.36. The quantitative estimate of drug-likeness (QED) is 0.699. The van der Waals surface area contributed by atoms with E-state index in [0.717, 1.165) is 5.56 Å². The molecular formula is C20H20N6O3. The third kappa shape index (κ3) is 4.40. The van der Waals surface area contributed by atoms with E-state index in [2.05, 4.69) is 20.3 Å². The SMILES string of the molecule is O=C(NCc1cccnc1)c1cnc(N2CCN(C(=O)c3ccco3)CC2)nc1. The molecule has 0 radical (unpaired) electrons. The summed E-state index contributed by atoms with van der Waals surface area (Å²) >= 11 is 0. The molecule has 4 rings (SSSR count). The predicted molar refractivity (Wildman–Crippen MR) is 104 cm³/mol. The Bertz CT molecular complexity index is 952. The second-order valence-corrected chi connectivity index (χ2v) is 6.57. The van der Waals surface area contributed by atoms with E-state index in [1.165, 1.54) is 18.7 Å². The van der Waals surface area contributed by atoms with Crippen molar-refractivity contribution in [2.45, 2.75) is 6.54 Å². The molecule has 29 heavy (non-hydrogen) atoms. The summed E-state index contributed by atoms with van der Waals surface area (Å²) in [5, 5.41) is 2.82. The highest BCUT2D eigenvalue weighted by Gasteiger charge is 2.24. The first-order chi connectivity index (χ1) is 14.2. The minimum absolute atomic E-state index is 0.115. The number of hydrogen-bond acceptors (Lipinski definition) is 7. The third-order valence-electron chi connectivity index (χ3n) is 4.66. The summed E-state index contributed by atoms with van der Waals surface area (Å²) in [6, 6.07) is 7.08. The van der Waals surface area contributed by atoms with Crippen molar-refractivity contribution in [3.8, 4) is 0 Å². The molecule has 148 valence electrons. The molecule has 1 N–H and O–H groups in total. The zero-order valence-corrected chi connectivity index (χ0v) is 15.7. The molecule has 0 atom stereocenters. The fraction of sp³-hybridized carbons (Fsp3) is 0.250. The van der Waals surface area contributed by atoms with Crippen LogP contribution in [0.2, 0.25) is 0 Å². The Morgan fingerprint density at radius 3 is 2.48 bits per heavy atom. The zero-order valence-electron chi connectivity index (χ0n) is 15.7. The van der Waals surface area contributed by atoms with Crippen LogP contribution in [0.1, 0.15) is 26.5 Å². The summed E-state index contributed by atoms with van der Waals surface area (Å²) in [5.74, 6) is 0.528. The molecule has 0 aromatic carbocycles. The lowest BCUT2D eigenvalue weighted by Crippen LogP contribution is -2.49. The maximum Gasteiger partial charge on any atom is 0.289 e. The number of rotatable bonds is 5.